The SMILES string of the molecule is CCOC(=O)c1cnn(-c2ccccc2)c1COc1ccc(CO)cc1. The molecule has 2 aromatic carbocycles. The topological polar surface area (TPSA) is 73.6 Å². The number of aromatic nitrogens is 2. The Balaban J connectivity index is 1.89. The molecule has 0 bridgehead atoms. The molecule has 6 heteroatoms. The molecule has 0 aliphatic heterocycles. The molecule has 1 aromatic heterocycles. The minimum Gasteiger partial charge on any atom is -0.487 e. The van der Waals surface area contributed by atoms with E-state index in [0.29, 0.717) is 17.0 Å². The molecule has 1 heterocycles. The monoisotopic (exact) mass is 352 g/mol. The Hall–Kier alpha value is -3.12. The van der Waals surface area contributed by atoms with Crippen LogP contribution in [-0.4, -0.2) is 27.5 Å². The summed E-state index contributed by atoms with van der Waals surface area (Å²) in [5.74, 6) is 0.210. The zero-order valence-corrected chi connectivity index (χ0v) is 14.5. The Labute approximate surface area is 151 Å². The van der Waals surface area contributed by atoms with E-state index in [1.54, 1.807) is 35.9 Å². The van der Waals surface area contributed by atoms with Crippen molar-refractivity contribution in [2.75, 3.05) is 6.61 Å². The average Bonchev–Trinajstić information content (AvgIpc) is 3.11. The van der Waals surface area contributed by atoms with Gasteiger partial charge in [0.25, 0.3) is 0 Å². The summed E-state index contributed by atoms with van der Waals surface area (Å²) in [7, 11) is 0. The van der Waals surface area contributed by atoms with Gasteiger partial charge in [-0.25, -0.2) is 9.48 Å². The summed E-state index contributed by atoms with van der Waals surface area (Å²) in [6.07, 6.45) is 1.50. The average molecular weight is 352 g/mol. The summed E-state index contributed by atoms with van der Waals surface area (Å²) in [6.45, 7) is 2.19. The van der Waals surface area contributed by atoms with Gasteiger partial charge < -0.3 is 14.6 Å². The molecule has 0 spiro atoms. The predicted molar refractivity (Wildman–Crippen MR) is 96.2 cm³/mol. The second-order valence-corrected chi connectivity index (χ2v) is 5.56. The Bertz CT molecular complexity index is 857. The highest BCUT2D eigenvalue weighted by molar-refractivity contribution is 5.90. The third kappa shape index (κ3) is 3.92. The van der Waals surface area contributed by atoms with Crippen LogP contribution in [0.4, 0.5) is 0 Å². The van der Waals surface area contributed by atoms with E-state index in [-0.39, 0.29) is 19.8 Å². The highest BCUT2D eigenvalue weighted by atomic mass is 16.5. The van der Waals surface area contributed by atoms with Crippen molar-refractivity contribution in [2.45, 2.75) is 20.1 Å². The first-order valence-corrected chi connectivity index (χ1v) is 8.35. The van der Waals surface area contributed by atoms with E-state index in [1.165, 1.54) is 6.20 Å². The normalized spacial score (nSPS) is 10.5. The molecule has 0 amide bonds. The molecule has 0 aliphatic rings. The Morgan fingerprint density at radius 3 is 2.50 bits per heavy atom. The van der Waals surface area contributed by atoms with Crippen LogP contribution in [0, 0.1) is 0 Å². The van der Waals surface area contributed by atoms with Crippen molar-refractivity contribution in [1.82, 2.24) is 9.78 Å². The van der Waals surface area contributed by atoms with Crippen molar-refractivity contribution in [3.8, 4) is 11.4 Å². The maximum atomic E-state index is 12.2. The van der Waals surface area contributed by atoms with Crippen molar-refractivity contribution in [3.05, 3.63) is 77.6 Å². The maximum Gasteiger partial charge on any atom is 0.341 e. The summed E-state index contributed by atoms with van der Waals surface area (Å²) in [5.41, 5.74) is 2.62. The predicted octanol–water partition coefficient (Wildman–Crippen LogP) is 3.12. The molecule has 1 N–H and O–H groups in total. The highest BCUT2D eigenvalue weighted by Crippen LogP contribution is 2.20. The summed E-state index contributed by atoms with van der Waals surface area (Å²) in [4.78, 5) is 12.2. The van der Waals surface area contributed by atoms with Crippen LogP contribution >= 0.6 is 0 Å². The van der Waals surface area contributed by atoms with Crippen LogP contribution in [0.3, 0.4) is 0 Å². The van der Waals surface area contributed by atoms with Gasteiger partial charge in [0.1, 0.15) is 17.9 Å². The zero-order chi connectivity index (χ0) is 18.4. The molecular formula is C20H20N2O4. The van der Waals surface area contributed by atoms with Gasteiger partial charge in [-0.15, -0.1) is 0 Å². The van der Waals surface area contributed by atoms with E-state index in [1.807, 2.05) is 30.3 Å². The van der Waals surface area contributed by atoms with E-state index in [2.05, 4.69) is 5.10 Å². The highest BCUT2D eigenvalue weighted by Gasteiger charge is 2.20. The van der Waals surface area contributed by atoms with Crippen LogP contribution in [0.1, 0.15) is 28.5 Å². The maximum absolute atomic E-state index is 12.2. The van der Waals surface area contributed by atoms with Crippen molar-refractivity contribution in [1.29, 1.82) is 0 Å². The van der Waals surface area contributed by atoms with Crippen molar-refractivity contribution in [3.63, 3.8) is 0 Å². The lowest BCUT2D eigenvalue weighted by Crippen LogP contribution is -2.12. The van der Waals surface area contributed by atoms with E-state index in [4.69, 9.17) is 14.6 Å². The minimum absolute atomic E-state index is 0.0198. The zero-order valence-electron chi connectivity index (χ0n) is 14.5. The number of carbonyl (C=O) groups excluding carboxylic acids is 1. The van der Waals surface area contributed by atoms with E-state index in [0.717, 1.165) is 11.3 Å². The molecule has 0 saturated heterocycles. The molecule has 6 nitrogen and oxygen atoms in total. The van der Waals surface area contributed by atoms with Gasteiger partial charge in [0.15, 0.2) is 0 Å². The molecule has 3 aromatic rings. The largest absolute Gasteiger partial charge is 0.487 e. The molecule has 0 atom stereocenters. The number of esters is 1. The lowest BCUT2D eigenvalue weighted by atomic mass is 10.2. The number of hydrogen-bond acceptors (Lipinski definition) is 5. The number of nitrogens with zero attached hydrogens (tertiary/aromatic N) is 2. The molecule has 0 aliphatic carbocycles. The standard InChI is InChI=1S/C20H20N2O4/c1-2-25-20(24)18-12-21-22(16-6-4-3-5-7-16)19(18)14-26-17-10-8-15(13-23)9-11-17/h3-12,23H,2,13-14H2,1H3. The molecule has 0 saturated carbocycles. The number of ether oxygens (including phenoxy) is 2. The smallest absolute Gasteiger partial charge is 0.341 e. The fourth-order valence-electron chi connectivity index (χ4n) is 2.53. The third-order valence-electron chi connectivity index (χ3n) is 3.85. The molecule has 0 fully saturated rings. The van der Waals surface area contributed by atoms with Gasteiger partial charge in [0, 0.05) is 0 Å². The molecule has 3 rings (SSSR count). The summed E-state index contributed by atoms with van der Waals surface area (Å²) in [6, 6.07) is 16.7. The van der Waals surface area contributed by atoms with E-state index < -0.39 is 5.97 Å². The van der Waals surface area contributed by atoms with Gasteiger partial charge in [-0.1, -0.05) is 30.3 Å². The van der Waals surface area contributed by atoms with Crippen LogP contribution in [-0.2, 0) is 18.0 Å². The van der Waals surface area contributed by atoms with Crippen molar-refractivity contribution in [2.24, 2.45) is 0 Å². The number of aliphatic hydroxyl groups excluding tert-OH is 1. The summed E-state index contributed by atoms with van der Waals surface area (Å²) >= 11 is 0. The second kappa shape index (κ2) is 8.31. The van der Waals surface area contributed by atoms with E-state index >= 15 is 0 Å². The first-order chi connectivity index (χ1) is 12.7. The van der Waals surface area contributed by atoms with Gasteiger partial charge in [0.2, 0.25) is 0 Å². The van der Waals surface area contributed by atoms with Crippen LogP contribution < -0.4 is 4.74 Å². The summed E-state index contributed by atoms with van der Waals surface area (Å²) in [5, 5.41) is 13.4. The van der Waals surface area contributed by atoms with Crippen LogP contribution in [0.5, 0.6) is 5.75 Å². The van der Waals surface area contributed by atoms with Gasteiger partial charge in [-0.3, -0.25) is 0 Å². The first-order valence-electron chi connectivity index (χ1n) is 8.35. The second-order valence-electron chi connectivity index (χ2n) is 5.56. The Morgan fingerprint density at radius 1 is 1.12 bits per heavy atom. The lowest BCUT2D eigenvalue weighted by Gasteiger charge is -2.11. The third-order valence-corrected chi connectivity index (χ3v) is 3.85. The molecular weight excluding hydrogens is 332 g/mol. The quantitative estimate of drug-likeness (QED) is 0.662. The van der Waals surface area contributed by atoms with Crippen molar-refractivity contribution < 1.29 is 19.4 Å². The minimum atomic E-state index is -0.427. The first kappa shape index (κ1) is 17.7. The molecule has 134 valence electrons. The Kier molecular flexibility index (Phi) is 5.66. The number of para-hydroxylation sites is 1. The fourth-order valence-corrected chi connectivity index (χ4v) is 2.53. The van der Waals surface area contributed by atoms with Gasteiger partial charge in [0.05, 0.1) is 30.8 Å². The number of benzene rings is 2. The van der Waals surface area contributed by atoms with Crippen LogP contribution in [0.2, 0.25) is 0 Å². The lowest BCUT2D eigenvalue weighted by molar-refractivity contribution is 0.0523. The number of aliphatic hydroxyl groups is 1. The molecule has 26 heavy (non-hydrogen) atoms. The van der Waals surface area contributed by atoms with Crippen LogP contribution in [0.15, 0.2) is 60.8 Å². The summed E-state index contributed by atoms with van der Waals surface area (Å²) < 4.78 is 12.6. The number of rotatable bonds is 7. The van der Waals surface area contributed by atoms with Gasteiger partial charge in [-0.2, -0.15) is 5.10 Å². The molecule has 0 radical (unpaired) electrons. The molecule has 0 unspecified atom stereocenters. The van der Waals surface area contributed by atoms with E-state index in [9.17, 15) is 4.79 Å². The van der Waals surface area contributed by atoms with Crippen molar-refractivity contribution >= 4 is 5.97 Å². The van der Waals surface area contributed by atoms with Crippen LogP contribution in [0.25, 0.3) is 5.69 Å². The number of hydrogen-bond donors (Lipinski definition) is 1. The fraction of sp³-hybridized carbons (Fsp3) is 0.200. The number of carbonyl (C=O) groups is 1. The van der Waals surface area contributed by atoms with Gasteiger partial charge >= 0.3 is 5.97 Å². The Morgan fingerprint density at radius 2 is 1.85 bits per heavy atom. The van der Waals surface area contributed by atoms with Gasteiger partial charge in [-0.05, 0) is 36.8 Å².